The Labute approximate surface area is 236 Å². The molecule has 0 spiro atoms. The number of para-hydroxylation sites is 1. The molecule has 1 aliphatic heterocycles. The fraction of sp³-hybridized carbons (Fsp3) is 0.500. The first-order chi connectivity index (χ1) is 19.3. The highest BCUT2D eigenvalue weighted by atomic mass is 16.5. The molecule has 0 saturated heterocycles. The van der Waals surface area contributed by atoms with Crippen LogP contribution in [0.3, 0.4) is 0 Å². The highest BCUT2D eigenvalue weighted by Crippen LogP contribution is 2.47. The van der Waals surface area contributed by atoms with E-state index in [9.17, 15) is 24.3 Å². The van der Waals surface area contributed by atoms with Crippen LogP contribution < -0.4 is 10.2 Å². The van der Waals surface area contributed by atoms with Crippen molar-refractivity contribution in [1.29, 1.82) is 0 Å². The Morgan fingerprint density at radius 2 is 1.77 bits per heavy atom. The quantitative estimate of drug-likeness (QED) is 0.372. The summed E-state index contributed by atoms with van der Waals surface area (Å²) in [5, 5.41) is 12.4. The number of anilines is 1. The molecule has 2 aromatic rings. The van der Waals surface area contributed by atoms with Crippen LogP contribution in [0.4, 0.5) is 5.69 Å². The van der Waals surface area contributed by atoms with E-state index >= 15 is 0 Å². The number of carboxylic acid groups (broad SMARTS) is 1. The lowest BCUT2D eigenvalue weighted by atomic mass is 9.73. The Kier molecular flexibility index (Phi) is 9.96. The molecule has 2 aromatic carbocycles. The minimum absolute atomic E-state index is 0.217. The highest BCUT2D eigenvalue weighted by molar-refractivity contribution is 6.03. The van der Waals surface area contributed by atoms with Crippen molar-refractivity contribution in [2.45, 2.75) is 77.2 Å². The number of nitrogens with zero attached hydrogens (tertiary/aromatic N) is 1. The lowest BCUT2D eigenvalue weighted by molar-refractivity contribution is -0.150. The molecule has 8 heteroatoms. The number of aryl methyl sites for hydroxylation is 2. The maximum atomic E-state index is 13.5. The van der Waals surface area contributed by atoms with Crippen LogP contribution in [-0.4, -0.2) is 48.1 Å². The van der Waals surface area contributed by atoms with Crippen molar-refractivity contribution in [3.63, 3.8) is 0 Å². The van der Waals surface area contributed by atoms with Gasteiger partial charge in [0.25, 0.3) is 0 Å². The zero-order valence-electron chi connectivity index (χ0n) is 23.3. The van der Waals surface area contributed by atoms with Crippen LogP contribution in [0, 0.1) is 11.3 Å². The second-order valence-electron chi connectivity index (χ2n) is 11.2. The predicted octanol–water partition coefficient (Wildman–Crippen LogP) is 4.69. The van der Waals surface area contributed by atoms with E-state index in [-0.39, 0.29) is 29.6 Å². The largest absolute Gasteiger partial charge is 0.480 e. The fourth-order valence-electron chi connectivity index (χ4n) is 6.38. The lowest BCUT2D eigenvalue weighted by Crippen LogP contribution is -2.50. The van der Waals surface area contributed by atoms with Crippen LogP contribution in [0.15, 0.2) is 54.6 Å². The van der Waals surface area contributed by atoms with E-state index in [1.807, 2.05) is 30.3 Å². The van der Waals surface area contributed by atoms with Gasteiger partial charge in [-0.3, -0.25) is 24.1 Å². The van der Waals surface area contributed by atoms with Crippen molar-refractivity contribution in [2.24, 2.45) is 11.3 Å². The van der Waals surface area contributed by atoms with E-state index in [0.29, 0.717) is 38.0 Å². The molecular weight excluding hydrogens is 508 g/mol. The van der Waals surface area contributed by atoms with Gasteiger partial charge in [-0.25, -0.2) is 0 Å². The summed E-state index contributed by atoms with van der Waals surface area (Å²) < 4.78 is 5.44. The van der Waals surface area contributed by atoms with Crippen molar-refractivity contribution in [3.8, 4) is 0 Å². The molecule has 2 atom stereocenters. The Morgan fingerprint density at radius 1 is 1.07 bits per heavy atom. The van der Waals surface area contributed by atoms with Gasteiger partial charge in [-0.1, -0.05) is 61.4 Å². The van der Waals surface area contributed by atoms with Crippen LogP contribution in [0.1, 0.15) is 69.4 Å². The van der Waals surface area contributed by atoms with Gasteiger partial charge in [0.15, 0.2) is 0 Å². The normalized spacial score (nSPS) is 18.9. The van der Waals surface area contributed by atoms with Gasteiger partial charge in [0, 0.05) is 12.1 Å². The van der Waals surface area contributed by atoms with Crippen molar-refractivity contribution in [2.75, 3.05) is 18.1 Å². The number of hydrogen-bond donors (Lipinski definition) is 2. The summed E-state index contributed by atoms with van der Waals surface area (Å²) in [5.41, 5.74) is 2.29. The summed E-state index contributed by atoms with van der Waals surface area (Å²) in [6, 6.07) is 16.5. The number of nitrogens with one attached hydrogen (secondary N) is 1. The molecule has 1 saturated carbocycles. The fourth-order valence-corrected chi connectivity index (χ4v) is 6.38. The molecule has 1 fully saturated rings. The maximum Gasteiger partial charge on any atom is 0.323 e. The summed E-state index contributed by atoms with van der Waals surface area (Å²) in [6.07, 6.45) is 6.82. The SMILES string of the molecule is CCOC(=O)[C@@H](CCc1ccccc1)CC1(CC(=O)N[C@@H]2CCc3ccccc3N(CC(=O)O)C2=O)CCCC1. The van der Waals surface area contributed by atoms with Gasteiger partial charge in [0.2, 0.25) is 11.8 Å². The van der Waals surface area contributed by atoms with Crippen LogP contribution in [0.5, 0.6) is 0 Å². The molecule has 4 rings (SSSR count). The van der Waals surface area contributed by atoms with Crippen molar-refractivity contribution in [3.05, 3.63) is 65.7 Å². The first-order valence-electron chi connectivity index (χ1n) is 14.4. The number of hydrogen-bond acceptors (Lipinski definition) is 5. The van der Waals surface area contributed by atoms with E-state index in [0.717, 1.165) is 43.2 Å². The molecule has 40 heavy (non-hydrogen) atoms. The van der Waals surface area contributed by atoms with Crippen LogP contribution in [-0.2, 0) is 36.8 Å². The highest BCUT2D eigenvalue weighted by Gasteiger charge is 2.41. The Balaban J connectivity index is 1.46. The minimum Gasteiger partial charge on any atom is -0.480 e. The van der Waals surface area contributed by atoms with Gasteiger partial charge in [-0.15, -0.1) is 0 Å². The Bertz CT molecular complexity index is 1190. The first kappa shape index (κ1) is 29.3. The summed E-state index contributed by atoms with van der Waals surface area (Å²) in [6.45, 7) is 1.66. The zero-order chi connectivity index (χ0) is 28.5. The first-order valence-corrected chi connectivity index (χ1v) is 14.4. The minimum atomic E-state index is -1.11. The molecule has 0 unspecified atom stereocenters. The number of esters is 1. The summed E-state index contributed by atoms with van der Waals surface area (Å²) in [7, 11) is 0. The van der Waals surface area contributed by atoms with Gasteiger partial charge < -0.3 is 15.2 Å². The third-order valence-corrected chi connectivity index (χ3v) is 8.30. The third-order valence-electron chi connectivity index (χ3n) is 8.30. The van der Waals surface area contributed by atoms with Gasteiger partial charge in [0.1, 0.15) is 12.6 Å². The molecule has 0 bridgehead atoms. The van der Waals surface area contributed by atoms with Crippen LogP contribution >= 0.6 is 0 Å². The van der Waals surface area contributed by atoms with Crippen molar-refractivity contribution < 1.29 is 29.0 Å². The molecule has 1 heterocycles. The lowest BCUT2D eigenvalue weighted by Gasteiger charge is -2.33. The number of carbonyl (C=O) groups is 4. The van der Waals surface area contributed by atoms with E-state index in [4.69, 9.17) is 4.74 Å². The molecule has 2 aliphatic rings. The second-order valence-corrected chi connectivity index (χ2v) is 11.2. The smallest absolute Gasteiger partial charge is 0.323 e. The van der Waals surface area contributed by atoms with E-state index in [1.54, 1.807) is 19.1 Å². The van der Waals surface area contributed by atoms with Crippen LogP contribution in [0.25, 0.3) is 0 Å². The van der Waals surface area contributed by atoms with E-state index < -0.39 is 24.5 Å². The number of fused-ring (bicyclic) bond motifs is 1. The molecule has 2 N–H and O–H groups in total. The second kappa shape index (κ2) is 13.6. The predicted molar refractivity (Wildman–Crippen MR) is 152 cm³/mol. The molecule has 1 aliphatic carbocycles. The number of carboxylic acids is 1. The maximum absolute atomic E-state index is 13.5. The van der Waals surface area contributed by atoms with Crippen molar-refractivity contribution in [1.82, 2.24) is 5.32 Å². The zero-order valence-corrected chi connectivity index (χ0v) is 23.3. The van der Waals surface area contributed by atoms with Gasteiger partial charge in [-0.2, -0.15) is 0 Å². The monoisotopic (exact) mass is 548 g/mol. The Hall–Kier alpha value is -3.68. The van der Waals surface area contributed by atoms with E-state index in [2.05, 4.69) is 17.4 Å². The number of ether oxygens (including phenoxy) is 1. The molecule has 2 amide bonds. The third kappa shape index (κ3) is 7.49. The standard InChI is InChI=1S/C32H40N2O6/c1-2-40-31(39)25(15-14-23-10-4-3-5-11-23)20-32(18-8-9-19-32)21-28(35)33-26-17-16-24-12-6-7-13-27(24)34(30(26)38)22-29(36)37/h3-7,10-13,25-26H,2,8-9,14-22H2,1H3,(H,33,35)(H,36,37)/t25-,26+/m0/s1. The number of carbonyl (C=O) groups excluding carboxylic acids is 3. The summed E-state index contributed by atoms with van der Waals surface area (Å²) in [4.78, 5) is 52.7. The van der Waals surface area contributed by atoms with Gasteiger partial charge in [-0.05, 0) is 74.5 Å². The molecular formula is C32H40N2O6. The number of rotatable bonds is 12. The molecule has 214 valence electrons. The molecule has 8 nitrogen and oxygen atoms in total. The van der Waals surface area contributed by atoms with Gasteiger partial charge in [0.05, 0.1) is 12.5 Å². The van der Waals surface area contributed by atoms with Crippen molar-refractivity contribution >= 4 is 29.4 Å². The molecule has 0 radical (unpaired) electrons. The number of aliphatic carboxylic acids is 1. The van der Waals surface area contributed by atoms with Crippen LogP contribution in [0.2, 0.25) is 0 Å². The molecule has 0 aromatic heterocycles. The Morgan fingerprint density at radius 3 is 2.48 bits per heavy atom. The topological polar surface area (TPSA) is 113 Å². The number of amides is 2. The average molecular weight is 549 g/mol. The van der Waals surface area contributed by atoms with Gasteiger partial charge >= 0.3 is 11.9 Å². The summed E-state index contributed by atoms with van der Waals surface area (Å²) >= 11 is 0. The van der Waals surface area contributed by atoms with E-state index in [1.165, 1.54) is 4.90 Å². The average Bonchev–Trinajstić information content (AvgIpc) is 3.35. The summed E-state index contributed by atoms with van der Waals surface area (Å²) in [5.74, 6) is -2.28. The number of benzene rings is 2.